The number of nitrogens with one attached hydrogen (secondary N) is 1. The molecule has 0 fully saturated rings. The maximum Gasteiger partial charge on any atom is 0.273 e. The Kier molecular flexibility index (Phi) is 7.24. The summed E-state index contributed by atoms with van der Waals surface area (Å²) in [5.74, 6) is 0.0897. The molecule has 0 aliphatic carbocycles. The molecule has 35 heavy (non-hydrogen) atoms. The molecule has 6 nitrogen and oxygen atoms in total. The molecule has 0 bridgehead atoms. The van der Waals surface area contributed by atoms with Crippen molar-refractivity contribution in [3.05, 3.63) is 110 Å². The third-order valence-electron chi connectivity index (χ3n) is 5.19. The molecule has 7 heteroatoms. The molecule has 1 heterocycles. The lowest BCUT2D eigenvalue weighted by atomic mass is 10.1. The van der Waals surface area contributed by atoms with Gasteiger partial charge in [-0.25, -0.2) is 0 Å². The summed E-state index contributed by atoms with van der Waals surface area (Å²) in [6.07, 6.45) is 1.77. The zero-order valence-corrected chi connectivity index (χ0v) is 20.1. The Bertz CT molecular complexity index is 1560. The van der Waals surface area contributed by atoms with Crippen LogP contribution in [0.1, 0.15) is 18.1 Å². The second-order valence-corrected chi connectivity index (χ2v) is 8.73. The van der Waals surface area contributed by atoms with Crippen molar-refractivity contribution >= 4 is 34.6 Å². The molecule has 0 spiro atoms. The highest BCUT2D eigenvalue weighted by molar-refractivity contribution is 7.07. The number of carbonyl (C=O) groups is 1. The van der Waals surface area contributed by atoms with E-state index in [-0.39, 0.29) is 15.8 Å². The zero-order valence-electron chi connectivity index (χ0n) is 19.3. The molecular weight excluding hydrogens is 458 g/mol. The molecule has 0 saturated carbocycles. The van der Waals surface area contributed by atoms with Crippen LogP contribution in [0.3, 0.4) is 0 Å². The summed E-state index contributed by atoms with van der Waals surface area (Å²) < 4.78 is 7.54. The van der Waals surface area contributed by atoms with Crippen molar-refractivity contribution in [2.45, 2.75) is 13.8 Å². The standard InChI is InChI=1S/C28H23N3O3S/c1-3-34-23-15-13-21(14-16-23)30-26(32)24(18-29)28-31(22-7-5-4-6-8-22)27(33)25(35-28)17-20-11-9-19(2)10-12-20/h4-17H,3H2,1-2H3,(H,30,32)/b25-17+,28-24+. The van der Waals surface area contributed by atoms with Crippen molar-refractivity contribution in [1.82, 2.24) is 4.57 Å². The average molecular weight is 482 g/mol. The maximum absolute atomic E-state index is 13.4. The van der Waals surface area contributed by atoms with E-state index >= 15 is 0 Å². The van der Waals surface area contributed by atoms with E-state index in [0.717, 1.165) is 22.5 Å². The van der Waals surface area contributed by atoms with Crippen LogP contribution < -0.4 is 24.8 Å². The van der Waals surface area contributed by atoms with Gasteiger partial charge in [-0.2, -0.15) is 5.26 Å². The second kappa shape index (κ2) is 10.7. The Morgan fingerprint density at radius 1 is 1.06 bits per heavy atom. The van der Waals surface area contributed by atoms with Gasteiger partial charge in [-0.3, -0.25) is 14.2 Å². The predicted octanol–water partition coefficient (Wildman–Crippen LogP) is 3.75. The summed E-state index contributed by atoms with van der Waals surface area (Å²) in [7, 11) is 0. The fraction of sp³-hybridized carbons (Fsp3) is 0.107. The van der Waals surface area contributed by atoms with Gasteiger partial charge in [0.2, 0.25) is 0 Å². The van der Waals surface area contributed by atoms with Crippen molar-refractivity contribution in [3.8, 4) is 17.5 Å². The molecule has 1 N–H and O–H groups in total. The first-order valence-electron chi connectivity index (χ1n) is 11.0. The molecule has 0 aliphatic rings. The number of aryl methyl sites for hydroxylation is 1. The smallest absolute Gasteiger partial charge is 0.273 e. The second-order valence-electron chi connectivity index (χ2n) is 7.70. The van der Waals surface area contributed by atoms with E-state index < -0.39 is 5.91 Å². The highest BCUT2D eigenvalue weighted by Crippen LogP contribution is 2.16. The number of nitriles is 1. The van der Waals surface area contributed by atoms with Crippen molar-refractivity contribution in [2.75, 3.05) is 11.9 Å². The Morgan fingerprint density at radius 2 is 1.74 bits per heavy atom. The van der Waals surface area contributed by atoms with Crippen LogP contribution in [0.2, 0.25) is 0 Å². The third kappa shape index (κ3) is 5.40. The highest BCUT2D eigenvalue weighted by atomic mass is 32.1. The Hall–Kier alpha value is -4.41. The summed E-state index contributed by atoms with van der Waals surface area (Å²) in [6.45, 7) is 4.42. The average Bonchev–Trinajstić information content (AvgIpc) is 3.18. The van der Waals surface area contributed by atoms with Gasteiger partial charge in [-0.1, -0.05) is 48.0 Å². The van der Waals surface area contributed by atoms with Gasteiger partial charge < -0.3 is 10.1 Å². The SMILES string of the molecule is CCOc1ccc(NC(=O)/C(C#N)=c2/s/c(=C/c3ccc(C)cc3)c(=O)n2-c2ccccc2)cc1. The van der Waals surface area contributed by atoms with E-state index in [4.69, 9.17) is 4.74 Å². The van der Waals surface area contributed by atoms with Crippen LogP contribution in [-0.2, 0) is 4.79 Å². The van der Waals surface area contributed by atoms with Crippen LogP contribution in [0.4, 0.5) is 5.69 Å². The van der Waals surface area contributed by atoms with E-state index in [2.05, 4.69) is 5.32 Å². The molecule has 0 saturated heterocycles. The van der Waals surface area contributed by atoms with Crippen LogP contribution >= 0.6 is 11.3 Å². The summed E-state index contributed by atoms with van der Waals surface area (Å²) in [4.78, 5) is 26.6. The number of nitrogens with zero attached hydrogens (tertiary/aromatic N) is 2. The van der Waals surface area contributed by atoms with Crippen molar-refractivity contribution in [2.24, 2.45) is 0 Å². The highest BCUT2D eigenvalue weighted by Gasteiger charge is 2.17. The lowest BCUT2D eigenvalue weighted by Crippen LogP contribution is -2.32. The van der Waals surface area contributed by atoms with Crippen molar-refractivity contribution in [1.29, 1.82) is 5.26 Å². The monoisotopic (exact) mass is 481 g/mol. The first-order valence-corrected chi connectivity index (χ1v) is 11.9. The molecule has 174 valence electrons. The predicted molar refractivity (Wildman–Crippen MR) is 139 cm³/mol. The van der Waals surface area contributed by atoms with Crippen LogP contribution in [-0.4, -0.2) is 17.1 Å². The molecule has 4 rings (SSSR count). The fourth-order valence-corrected chi connectivity index (χ4v) is 4.57. The molecule has 0 atom stereocenters. The van der Waals surface area contributed by atoms with Gasteiger partial charge in [0.25, 0.3) is 11.5 Å². The lowest BCUT2D eigenvalue weighted by molar-refractivity contribution is -0.111. The molecule has 0 unspecified atom stereocenters. The minimum Gasteiger partial charge on any atom is -0.494 e. The summed E-state index contributed by atoms with van der Waals surface area (Å²) in [6, 6.07) is 25.7. The first kappa shape index (κ1) is 23.7. The van der Waals surface area contributed by atoms with Gasteiger partial charge in [0.15, 0.2) is 5.57 Å². The van der Waals surface area contributed by atoms with Crippen molar-refractivity contribution < 1.29 is 9.53 Å². The molecule has 4 aromatic rings. The minimum absolute atomic E-state index is 0.145. The quantitative estimate of drug-likeness (QED) is 0.455. The number of para-hydroxylation sites is 1. The number of hydrogen-bond acceptors (Lipinski definition) is 5. The van der Waals surface area contributed by atoms with Gasteiger partial charge >= 0.3 is 0 Å². The Morgan fingerprint density at radius 3 is 2.37 bits per heavy atom. The maximum atomic E-state index is 13.4. The number of amides is 1. The minimum atomic E-state index is -0.593. The number of rotatable bonds is 6. The fourth-order valence-electron chi connectivity index (χ4n) is 3.47. The number of carbonyl (C=O) groups excluding carboxylic acids is 1. The Balaban J connectivity index is 1.86. The van der Waals surface area contributed by atoms with E-state index in [1.165, 1.54) is 4.57 Å². The van der Waals surface area contributed by atoms with Crippen molar-refractivity contribution in [3.63, 3.8) is 0 Å². The topological polar surface area (TPSA) is 84.1 Å². The van der Waals surface area contributed by atoms with Gasteiger partial charge in [0, 0.05) is 5.69 Å². The number of thiazole rings is 1. The molecule has 0 aliphatic heterocycles. The number of ether oxygens (including phenoxy) is 1. The molecule has 1 aromatic heterocycles. The van der Waals surface area contributed by atoms with E-state index in [0.29, 0.717) is 28.3 Å². The van der Waals surface area contributed by atoms with Gasteiger partial charge in [-0.05, 0) is 61.9 Å². The van der Waals surface area contributed by atoms with Gasteiger partial charge in [0.1, 0.15) is 16.5 Å². The number of aromatic nitrogens is 1. The van der Waals surface area contributed by atoms with Gasteiger partial charge in [0.05, 0.1) is 16.8 Å². The van der Waals surface area contributed by atoms with Crippen LogP contribution in [0.15, 0.2) is 83.7 Å². The number of benzene rings is 3. The molecular formula is C28H23N3O3S. The van der Waals surface area contributed by atoms with E-state index in [1.54, 1.807) is 54.6 Å². The largest absolute Gasteiger partial charge is 0.494 e. The van der Waals surface area contributed by atoms with Crippen LogP contribution in [0, 0.1) is 18.3 Å². The molecule has 1 amide bonds. The van der Waals surface area contributed by atoms with E-state index in [1.807, 2.05) is 50.2 Å². The van der Waals surface area contributed by atoms with Crippen LogP contribution in [0.5, 0.6) is 5.75 Å². The third-order valence-corrected chi connectivity index (χ3v) is 6.28. The number of anilines is 1. The van der Waals surface area contributed by atoms with E-state index in [9.17, 15) is 14.9 Å². The van der Waals surface area contributed by atoms with Crippen LogP contribution in [0.25, 0.3) is 17.3 Å². The Labute approximate surface area is 206 Å². The normalized spacial score (nSPS) is 12.1. The van der Waals surface area contributed by atoms with Gasteiger partial charge in [-0.15, -0.1) is 11.3 Å². The number of hydrogen-bond donors (Lipinski definition) is 1. The molecule has 0 radical (unpaired) electrons. The summed E-state index contributed by atoms with van der Waals surface area (Å²) in [5.41, 5.74) is 2.63. The lowest BCUT2D eigenvalue weighted by Gasteiger charge is -2.07. The molecule has 3 aromatic carbocycles. The summed E-state index contributed by atoms with van der Waals surface area (Å²) in [5, 5.41) is 12.7. The zero-order chi connectivity index (χ0) is 24.8. The summed E-state index contributed by atoms with van der Waals surface area (Å²) >= 11 is 1.12. The first-order chi connectivity index (χ1) is 17.0.